The lowest BCUT2D eigenvalue weighted by atomic mass is 9.86. The van der Waals surface area contributed by atoms with Gasteiger partial charge in [0.15, 0.2) is 0 Å². The van der Waals surface area contributed by atoms with Gasteiger partial charge in [-0.1, -0.05) is 145 Å². The van der Waals surface area contributed by atoms with Gasteiger partial charge in [0.1, 0.15) is 12.4 Å². The first-order chi connectivity index (χ1) is 19.8. The van der Waals surface area contributed by atoms with E-state index in [0.717, 1.165) is 11.9 Å². The summed E-state index contributed by atoms with van der Waals surface area (Å²) in [7, 11) is -0.0200. The van der Waals surface area contributed by atoms with Crippen LogP contribution in [0.3, 0.4) is 0 Å². The molecular formula is C38H40OP2. The third-order valence-corrected chi connectivity index (χ3v) is 11.6. The summed E-state index contributed by atoms with van der Waals surface area (Å²) in [4.78, 5) is 0. The van der Waals surface area contributed by atoms with Crippen LogP contribution in [0.1, 0.15) is 48.6 Å². The van der Waals surface area contributed by atoms with E-state index < -0.39 is 7.92 Å². The molecule has 0 bridgehead atoms. The summed E-state index contributed by atoms with van der Waals surface area (Å²) in [5.74, 6) is 1.03. The van der Waals surface area contributed by atoms with Crippen molar-refractivity contribution in [2.75, 3.05) is 0 Å². The summed E-state index contributed by atoms with van der Waals surface area (Å²) < 4.78 is 6.60. The summed E-state index contributed by atoms with van der Waals surface area (Å²) in [5, 5.41) is 5.58. The molecule has 0 amide bonds. The number of hydrogen-bond acceptors (Lipinski definition) is 1. The monoisotopic (exact) mass is 574 g/mol. The van der Waals surface area contributed by atoms with Crippen molar-refractivity contribution < 1.29 is 4.74 Å². The summed E-state index contributed by atoms with van der Waals surface area (Å²) in [6.07, 6.45) is 1.02. The molecule has 0 aromatic heterocycles. The Morgan fingerprint density at radius 2 is 1.24 bits per heavy atom. The van der Waals surface area contributed by atoms with Gasteiger partial charge in [0.05, 0.1) is 0 Å². The summed E-state index contributed by atoms with van der Waals surface area (Å²) in [6, 6.07) is 44.1. The number of ether oxygens (including phenoxy) is 1. The molecule has 0 aliphatic heterocycles. The maximum atomic E-state index is 6.60. The van der Waals surface area contributed by atoms with Crippen LogP contribution < -0.4 is 26.0 Å². The van der Waals surface area contributed by atoms with Crippen molar-refractivity contribution >= 4 is 37.7 Å². The van der Waals surface area contributed by atoms with Crippen molar-refractivity contribution in [2.24, 2.45) is 0 Å². The van der Waals surface area contributed by atoms with Gasteiger partial charge in [0.2, 0.25) is 0 Å². The van der Waals surface area contributed by atoms with Crippen LogP contribution in [-0.4, -0.2) is 0 Å². The van der Waals surface area contributed by atoms with E-state index in [2.05, 4.69) is 156 Å². The molecule has 1 atom stereocenters. The molecule has 1 unspecified atom stereocenters. The molecule has 5 aromatic rings. The van der Waals surface area contributed by atoms with Crippen molar-refractivity contribution in [3.63, 3.8) is 0 Å². The average molecular weight is 575 g/mol. The molecular weight excluding hydrogens is 534 g/mol. The molecule has 3 heteroatoms. The van der Waals surface area contributed by atoms with E-state index in [1.807, 2.05) is 0 Å². The minimum Gasteiger partial charge on any atom is -0.488 e. The third-order valence-electron chi connectivity index (χ3n) is 7.45. The van der Waals surface area contributed by atoms with E-state index in [4.69, 9.17) is 4.74 Å². The zero-order chi connectivity index (χ0) is 28.8. The van der Waals surface area contributed by atoms with Crippen LogP contribution in [0, 0.1) is 13.8 Å². The fourth-order valence-corrected chi connectivity index (χ4v) is 9.09. The molecule has 0 saturated heterocycles. The fourth-order valence-electron chi connectivity index (χ4n) is 5.11. The molecule has 0 fully saturated rings. The molecule has 1 nitrogen and oxygen atoms in total. The van der Waals surface area contributed by atoms with Crippen molar-refractivity contribution in [1.82, 2.24) is 0 Å². The minimum absolute atomic E-state index is 0.0610. The molecule has 0 radical (unpaired) electrons. The largest absolute Gasteiger partial charge is 0.488 e. The van der Waals surface area contributed by atoms with Crippen LogP contribution in [0.15, 0.2) is 121 Å². The molecule has 0 N–H and O–H groups in total. The normalized spacial score (nSPS) is 11.9. The molecule has 5 aromatic carbocycles. The van der Waals surface area contributed by atoms with Crippen LogP contribution in [0.25, 0.3) is 0 Å². The number of rotatable bonds is 9. The lowest BCUT2D eigenvalue weighted by Gasteiger charge is -2.25. The predicted octanol–water partition coefficient (Wildman–Crippen LogP) is 8.44. The summed E-state index contributed by atoms with van der Waals surface area (Å²) in [5.41, 5.74) is 6.61. The number of benzene rings is 5. The lowest BCUT2D eigenvalue weighted by molar-refractivity contribution is 0.306. The van der Waals surface area contributed by atoms with Crippen LogP contribution in [0.4, 0.5) is 0 Å². The second-order valence-corrected chi connectivity index (χ2v) is 15.2. The van der Waals surface area contributed by atoms with Crippen LogP contribution in [0.2, 0.25) is 0 Å². The van der Waals surface area contributed by atoms with Gasteiger partial charge < -0.3 is 4.74 Å². The SMILES string of the molecule is Cc1cc(C(C)(C)C)cc(Pc2c(C)cccc2CP(c2ccccc2)c2ccccc2)c1OCc1ccccc1. The Morgan fingerprint density at radius 1 is 0.659 bits per heavy atom. The molecule has 0 heterocycles. The Labute approximate surface area is 249 Å². The van der Waals surface area contributed by atoms with Gasteiger partial charge in [-0.05, 0) is 77.0 Å². The van der Waals surface area contributed by atoms with E-state index in [1.165, 1.54) is 49.0 Å². The standard InChI is InChI=1S/C38H40OP2/c1-28-16-15-19-31(27-41(33-20-11-7-12-21-33)34-22-13-8-14-23-34)37(28)40-35-25-32(38(3,4)5)24-29(2)36(35)39-26-30-17-9-6-10-18-30/h6-25,40H,26-27H2,1-5H3. The van der Waals surface area contributed by atoms with E-state index in [0.29, 0.717) is 15.2 Å². The van der Waals surface area contributed by atoms with Gasteiger partial charge in [0, 0.05) is 11.5 Å². The predicted molar refractivity (Wildman–Crippen MR) is 182 cm³/mol. The third kappa shape index (κ3) is 7.35. The highest BCUT2D eigenvalue weighted by Gasteiger charge is 2.22. The topological polar surface area (TPSA) is 9.23 Å². The zero-order valence-electron chi connectivity index (χ0n) is 24.8. The lowest BCUT2D eigenvalue weighted by Crippen LogP contribution is -2.20. The second kappa shape index (κ2) is 13.2. The first-order valence-corrected chi connectivity index (χ1v) is 16.9. The molecule has 0 aliphatic carbocycles. The molecule has 0 saturated carbocycles. The fraction of sp³-hybridized carbons (Fsp3) is 0.211. The number of aryl methyl sites for hydroxylation is 2. The molecule has 41 heavy (non-hydrogen) atoms. The van der Waals surface area contributed by atoms with Gasteiger partial charge in [-0.25, -0.2) is 0 Å². The Balaban J connectivity index is 1.55. The molecule has 0 aliphatic rings. The van der Waals surface area contributed by atoms with Gasteiger partial charge in [-0.3, -0.25) is 0 Å². The zero-order valence-corrected chi connectivity index (χ0v) is 26.7. The van der Waals surface area contributed by atoms with Gasteiger partial charge in [-0.15, -0.1) is 0 Å². The van der Waals surface area contributed by atoms with Crippen molar-refractivity contribution in [1.29, 1.82) is 0 Å². The molecule has 208 valence electrons. The smallest absolute Gasteiger partial charge is 0.130 e. The Hall–Kier alpha value is -3.24. The highest BCUT2D eigenvalue weighted by atomic mass is 31.1. The summed E-state index contributed by atoms with van der Waals surface area (Å²) in [6.45, 7) is 11.9. The van der Waals surface area contributed by atoms with Crippen molar-refractivity contribution in [3.05, 3.63) is 149 Å². The molecule has 0 spiro atoms. The maximum Gasteiger partial charge on any atom is 0.130 e. The van der Waals surface area contributed by atoms with E-state index in [1.54, 1.807) is 0 Å². The van der Waals surface area contributed by atoms with E-state index in [9.17, 15) is 0 Å². The van der Waals surface area contributed by atoms with Gasteiger partial charge in [0.25, 0.3) is 0 Å². The van der Waals surface area contributed by atoms with E-state index >= 15 is 0 Å². The minimum atomic E-state index is -0.533. The summed E-state index contributed by atoms with van der Waals surface area (Å²) >= 11 is 0. The Morgan fingerprint density at radius 3 is 1.83 bits per heavy atom. The Kier molecular flexibility index (Phi) is 9.39. The van der Waals surface area contributed by atoms with Crippen molar-refractivity contribution in [3.8, 4) is 5.75 Å². The average Bonchev–Trinajstić information content (AvgIpc) is 2.98. The van der Waals surface area contributed by atoms with Crippen LogP contribution in [0.5, 0.6) is 5.75 Å². The first kappa shape index (κ1) is 29.3. The quantitative estimate of drug-likeness (QED) is 0.161. The molecule has 5 rings (SSSR count). The Bertz CT molecular complexity index is 1530. The van der Waals surface area contributed by atoms with Crippen LogP contribution >= 0.6 is 16.5 Å². The second-order valence-electron chi connectivity index (χ2n) is 11.7. The number of hydrogen-bond donors (Lipinski definition) is 0. The highest BCUT2D eigenvalue weighted by molar-refractivity contribution is 7.72. The highest BCUT2D eigenvalue weighted by Crippen LogP contribution is 2.39. The van der Waals surface area contributed by atoms with Gasteiger partial charge in [-0.2, -0.15) is 0 Å². The van der Waals surface area contributed by atoms with Crippen molar-refractivity contribution in [2.45, 2.75) is 52.8 Å². The van der Waals surface area contributed by atoms with Crippen LogP contribution in [-0.2, 0) is 18.2 Å². The van der Waals surface area contributed by atoms with E-state index in [-0.39, 0.29) is 5.41 Å². The maximum absolute atomic E-state index is 6.60. The van der Waals surface area contributed by atoms with Gasteiger partial charge >= 0.3 is 0 Å². The first-order valence-electron chi connectivity index (χ1n) is 14.3.